The molecule has 0 atom stereocenters. The van der Waals surface area contributed by atoms with E-state index >= 15 is 0 Å². The second kappa shape index (κ2) is 6.53. The van der Waals surface area contributed by atoms with Crippen LogP contribution in [0.5, 0.6) is 0 Å². The first-order valence-electron chi connectivity index (χ1n) is 5.81. The number of methoxy groups -OCH3 is 1. The van der Waals surface area contributed by atoms with Gasteiger partial charge in [-0.3, -0.25) is 0 Å². The molecule has 7 heteroatoms. The molecule has 0 unspecified atom stereocenters. The Morgan fingerprint density at radius 1 is 1.35 bits per heavy atom. The van der Waals surface area contributed by atoms with Crippen LogP contribution in [0, 0.1) is 0 Å². The molecule has 0 radical (unpaired) electrons. The predicted molar refractivity (Wildman–Crippen MR) is 80.5 cm³/mol. The summed E-state index contributed by atoms with van der Waals surface area (Å²) in [5.41, 5.74) is 1.55. The molecule has 0 fully saturated rings. The minimum atomic E-state index is -0.448. The number of nitrogens with one attached hydrogen (secondary N) is 1. The first kappa shape index (κ1) is 14.5. The van der Waals surface area contributed by atoms with Crippen molar-refractivity contribution in [1.29, 1.82) is 0 Å². The summed E-state index contributed by atoms with van der Waals surface area (Å²) in [5, 5.41) is 8.42. The summed E-state index contributed by atoms with van der Waals surface area (Å²) in [4.78, 5) is 25.5. The number of anilines is 1. The summed E-state index contributed by atoms with van der Waals surface area (Å²) < 4.78 is 4.67. The maximum absolute atomic E-state index is 12.1. The van der Waals surface area contributed by atoms with E-state index in [0.717, 1.165) is 5.56 Å². The fourth-order valence-corrected chi connectivity index (χ4v) is 3.02. The average molecular weight is 310 g/mol. The molecule has 0 aliphatic rings. The quantitative estimate of drug-likeness (QED) is 0.882. The number of amides is 2. The summed E-state index contributed by atoms with van der Waals surface area (Å²) in [6.45, 7) is 0.521. The number of hydrogen-bond donors (Lipinski definition) is 1. The van der Waals surface area contributed by atoms with E-state index in [1.54, 1.807) is 34.7 Å². The Hall–Kier alpha value is -1.86. The normalized spacial score (nSPS) is 10.1. The Balaban J connectivity index is 2.01. The van der Waals surface area contributed by atoms with Crippen molar-refractivity contribution in [2.24, 2.45) is 0 Å². The van der Waals surface area contributed by atoms with Crippen molar-refractivity contribution in [3.05, 3.63) is 38.7 Å². The van der Waals surface area contributed by atoms with E-state index in [9.17, 15) is 9.59 Å². The molecule has 0 aliphatic heterocycles. The number of esters is 1. The summed E-state index contributed by atoms with van der Waals surface area (Å²) in [5.74, 6) is -0.448. The number of carbonyl (C=O) groups excluding carboxylic acids is 2. The lowest BCUT2D eigenvalue weighted by Crippen LogP contribution is -2.31. The summed E-state index contributed by atoms with van der Waals surface area (Å²) in [6, 6.07) is 3.39. The summed E-state index contributed by atoms with van der Waals surface area (Å²) in [7, 11) is 3.02. The third kappa shape index (κ3) is 3.37. The summed E-state index contributed by atoms with van der Waals surface area (Å²) in [6.07, 6.45) is 0. The van der Waals surface area contributed by atoms with E-state index in [4.69, 9.17) is 0 Å². The van der Waals surface area contributed by atoms with Crippen LogP contribution >= 0.6 is 22.7 Å². The maximum atomic E-state index is 12.1. The van der Waals surface area contributed by atoms with Gasteiger partial charge in [0.05, 0.1) is 12.8 Å². The van der Waals surface area contributed by atoms with Crippen molar-refractivity contribution in [3.8, 4) is 0 Å². The highest BCUT2D eigenvalue weighted by molar-refractivity contribution is 7.12. The van der Waals surface area contributed by atoms with Crippen LogP contribution in [-0.2, 0) is 11.3 Å². The monoisotopic (exact) mass is 310 g/mol. The highest BCUT2D eigenvalue weighted by Gasteiger charge is 2.17. The Kier molecular flexibility index (Phi) is 4.75. The molecular formula is C13H14N2O3S2. The van der Waals surface area contributed by atoms with Crippen LogP contribution < -0.4 is 5.32 Å². The molecular weight excluding hydrogens is 296 g/mol. The standard InChI is InChI=1S/C13H14N2O3S2/c1-15(7-9-3-5-19-8-9)13(17)14-10-4-6-20-11(10)12(16)18-2/h3-6,8H,7H2,1-2H3,(H,14,17). The van der Waals surface area contributed by atoms with Gasteiger partial charge >= 0.3 is 12.0 Å². The Labute approximate surface area is 124 Å². The predicted octanol–water partition coefficient (Wildman–Crippen LogP) is 3.26. The zero-order valence-electron chi connectivity index (χ0n) is 11.1. The minimum Gasteiger partial charge on any atom is -0.465 e. The zero-order valence-corrected chi connectivity index (χ0v) is 12.7. The lowest BCUT2D eigenvalue weighted by Gasteiger charge is -2.17. The van der Waals surface area contributed by atoms with E-state index in [0.29, 0.717) is 17.1 Å². The van der Waals surface area contributed by atoms with E-state index in [2.05, 4.69) is 10.1 Å². The Morgan fingerprint density at radius 2 is 2.15 bits per heavy atom. The molecule has 5 nitrogen and oxygen atoms in total. The molecule has 2 aromatic heterocycles. The molecule has 20 heavy (non-hydrogen) atoms. The van der Waals surface area contributed by atoms with Gasteiger partial charge in [0.1, 0.15) is 4.88 Å². The molecule has 106 valence electrons. The Bertz CT molecular complexity index is 593. The molecule has 2 rings (SSSR count). The zero-order chi connectivity index (χ0) is 14.5. The molecule has 2 aromatic rings. The summed E-state index contributed by atoms with van der Waals surface area (Å²) >= 11 is 2.83. The van der Waals surface area contributed by atoms with Crippen molar-refractivity contribution in [2.75, 3.05) is 19.5 Å². The van der Waals surface area contributed by atoms with Gasteiger partial charge in [-0.25, -0.2) is 9.59 Å². The minimum absolute atomic E-state index is 0.264. The number of ether oxygens (including phenoxy) is 1. The van der Waals surface area contributed by atoms with Crippen molar-refractivity contribution < 1.29 is 14.3 Å². The van der Waals surface area contributed by atoms with Crippen LogP contribution in [-0.4, -0.2) is 31.1 Å². The van der Waals surface area contributed by atoms with Gasteiger partial charge in [-0.15, -0.1) is 11.3 Å². The van der Waals surface area contributed by atoms with Crippen molar-refractivity contribution in [1.82, 2.24) is 4.90 Å². The first-order valence-corrected chi connectivity index (χ1v) is 7.63. The highest BCUT2D eigenvalue weighted by Crippen LogP contribution is 2.23. The first-order chi connectivity index (χ1) is 9.61. The second-order valence-electron chi connectivity index (χ2n) is 4.07. The van der Waals surface area contributed by atoms with Crippen LogP contribution in [0.2, 0.25) is 0 Å². The molecule has 1 N–H and O–H groups in total. The topological polar surface area (TPSA) is 58.6 Å². The fourth-order valence-electron chi connectivity index (χ4n) is 1.60. The molecule has 0 aliphatic carbocycles. The molecule has 0 bridgehead atoms. The fraction of sp³-hybridized carbons (Fsp3) is 0.231. The van der Waals surface area contributed by atoms with E-state index in [-0.39, 0.29) is 6.03 Å². The molecule has 0 saturated heterocycles. The number of rotatable bonds is 4. The number of carbonyl (C=O) groups is 2. The van der Waals surface area contributed by atoms with Gasteiger partial charge < -0.3 is 15.0 Å². The lowest BCUT2D eigenvalue weighted by molar-refractivity contribution is 0.0607. The van der Waals surface area contributed by atoms with Crippen molar-refractivity contribution in [3.63, 3.8) is 0 Å². The number of thiophene rings is 2. The molecule has 0 spiro atoms. The third-order valence-corrected chi connectivity index (χ3v) is 4.25. The second-order valence-corrected chi connectivity index (χ2v) is 5.77. The smallest absolute Gasteiger partial charge is 0.350 e. The van der Waals surface area contributed by atoms with E-state index in [1.165, 1.54) is 18.4 Å². The molecule has 0 saturated carbocycles. The van der Waals surface area contributed by atoms with Gasteiger partial charge in [0.15, 0.2) is 0 Å². The van der Waals surface area contributed by atoms with Crippen LogP contribution in [0.25, 0.3) is 0 Å². The molecule has 2 heterocycles. The van der Waals surface area contributed by atoms with Crippen LogP contribution in [0.4, 0.5) is 10.5 Å². The van der Waals surface area contributed by atoms with Gasteiger partial charge in [0.2, 0.25) is 0 Å². The average Bonchev–Trinajstić information content (AvgIpc) is 3.09. The van der Waals surface area contributed by atoms with Crippen molar-refractivity contribution in [2.45, 2.75) is 6.54 Å². The van der Waals surface area contributed by atoms with Crippen LogP contribution in [0.1, 0.15) is 15.2 Å². The number of hydrogen-bond acceptors (Lipinski definition) is 5. The largest absolute Gasteiger partial charge is 0.465 e. The van der Waals surface area contributed by atoms with E-state index in [1.807, 2.05) is 16.8 Å². The van der Waals surface area contributed by atoms with E-state index < -0.39 is 5.97 Å². The number of urea groups is 1. The van der Waals surface area contributed by atoms with Crippen LogP contribution in [0.3, 0.4) is 0 Å². The lowest BCUT2D eigenvalue weighted by atomic mass is 10.3. The van der Waals surface area contributed by atoms with Crippen molar-refractivity contribution >= 4 is 40.4 Å². The van der Waals surface area contributed by atoms with Gasteiger partial charge in [0, 0.05) is 13.6 Å². The maximum Gasteiger partial charge on any atom is 0.350 e. The van der Waals surface area contributed by atoms with Gasteiger partial charge in [-0.05, 0) is 33.8 Å². The van der Waals surface area contributed by atoms with Gasteiger partial charge in [-0.1, -0.05) is 0 Å². The highest BCUT2D eigenvalue weighted by atomic mass is 32.1. The Morgan fingerprint density at radius 3 is 2.80 bits per heavy atom. The van der Waals surface area contributed by atoms with Gasteiger partial charge in [0.25, 0.3) is 0 Å². The third-order valence-electron chi connectivity index (χ3n) is 2.62. The van der Waals surface area contributed by atoms with Gasteiger partial charge in [-0.2, -0.15) is 11.3 Å². The molecule has 0 aromatic carbocycles. The van der Waals surface area contributed by atoms with Crippen LogP contribution in [0.15, 0.2) is 28.3 Å². The number of nitrogens with zero attached hydrogens (tertiary/aromatic N) is 1. The molecule has 2 amide bonds. The SMILES string of the molecule is COC(=O)c1sccc1NC(=O)N(C)Cc1ccsc1.